The zero-order valence-corrected chi connectivity index (χ0v) is 20.4. The number of aromatic nitrogens is 2. The van der Waals surface area contributed by atoms with E-state index in [2.05, 4.69) is 10.6 Å². The summed E-state index contributed by atoms with van der Waals surface area (Å²) >= 11 is 0. The summed E-state index contributed by atoms with van der Waals surface area (Å²) in [5.74, 6) is 0.141. The van der Waals surface area contributed by atoms with Gasteiger partial charge in [0.2, 0.25) is 5.91 Å². The van der Waals surface area contributed by atoms with Gasteiger partial charge in [-0.1, -0.05) is 48.5 Å². The molecule has 0 unspecified atom stereocenters. The maximum absolute atomic E-state index is 13.0. The number of furan rings is 1. The van der Waals surface area contributed by atoms with E-state index in [1.807, 2.05) is 71.3 Å². The number of benzene rings is 2. The molecule has 186 valence electrons. The van der Waals surface area contributed by atoms with Crippen molar-refractivity contribution in [1.82, 2.24) is 9.55 Å². The summed E-state index contributed by atoms with van der Waals surface area (Å²) in [6.45, 7) is 0.861. The first-order valence-electron chi connectivity index (χ1n) is 12.3. The Hall–Kier alpha value is -4.59. The van der Waals surface area contributed by atoms with E-state index in [4.69, 9.17) is 14.1 Å². The van der Waals surface area contributed by atoms with Crippen LogP contribution in [0.25, 0.3) is 22.0 Å². The molecule has 0 bridgehead atoms. The Morgan fingerprint density at radius 1 is 1.08 bits per heavy atom. The van der Waals surface area contributed by atoms with Gasteiger partial charge in [0.15, 0.2) is 5.69 Å². The molecule has 2 aromatic carbocycles. The highest BCUT2D eigenvalue weighted by Crippen LogP contribution is 2.36. The van der Waals surface area contributed by atoms with Gasteiger partial charge in [0.05, 0.1) is 31.2 Å². The summed E-state index contributed by atoms with van der Waals surface area (Å²) in [6.07, 6.45) is 3.43. The van der Waals surface area contributed by atoms with E-state index in [0.717, 1.165) is 40.8 Å². The van der Waals surface area contributed by atoms with Gasteiger partial charge in [0.1, 0.15) is 17.0 Å². The predicted octanol–water partition coefficient (Wildman–Crippen LogP) is 5.58. The third kappa shape index (κ3) is 4.53. The molecule has 1 fully saturated rings. The number of hydrogen-bond acceptors (Lipinski definition) is 6. The number of ether oxygens (including phenoxy) is 1. The fraction of sp³-hybridized carbons (Fsp3) is 0.207. The van der Waals surface area contributed by atoms with Crippen molar-refractivity contribution in [1.29, 1.82) is 0 Å². The number of carbonyl (C=O) groups excluding carboxylic acids is 2. The molecule has 5 aromatic rings. The van der Waals surface area contributed by atoms with Crippen LogP contribution in [0.2, 0.25) is 0 Å². The first-order chi connectivity index (χ1) is 18.1. The fourth-order valence-electron chi connectivity index (χ4n) is 4.56. The van der Waals surface area contributed by atoms with Gasteiger partial charge in [-0.25, -0.2) is 9.78 Å². The number of carbonyl (C=O) groups is 2. The molecule has 0 spiro atoms. The van der Waals surface area contributed by atoms with Crippen LogP contribution in [0.15, 0.2) is 77.3 Å². The third-order valence-corrected chi connectivity index (χ3v) is 6.60. The Morgan fingerprint density at radius 3 is 2.62 bits per heavy atom. The minimum absolute atomic E-state index is 0.0274. The fourth-order valence-corrected chi connectivity index (χ4v) is 4.56. The van der Waals surface area contributed by atoms with Crippen molar-refractivity contribution in [3.63, 3.8) is 0 Å². The normalized spacial score (nSPS) is 13.1. The van der Waals surface area contributed by atoms with Gasteiger partial charge in [-0.3, -0.25) is 4.79 Å². The maximum atomic E-state index is 13.0. The SMILES string of the molecule is COC(=O)c1c(NC(=O)C2CC2)c2cc(NCc3cc4ccccc4o3)cnc2n1Cc1ccccc1. The molecular weight excluding hydrogens is 468 g/mol. The van der Waals surface area contributed by atoms with Crippen molar-refractivity contribution < 1.29 is 18.7 Å². The molecule has 1 aliphatic rings. The Labute approximate surface area is 213 Å². The number of esters is 1. The second-order valence-electron chi connectivity index (χ2n) is 9.25. The zero-order valence-electron chi connectivity index (χ0n) is 20.4. The van der Waals surface area contributed by atoms with Crippen LogP contribution in [0, 0.1) is 5.92 Å². The quantitative estimate of drug-likeness (QED) is 0.273. The van der Waals surface area contributed by atoms with Crippen molar-refractivity contribution in [2.45, 2.75) is 25.9 Å². The van der Waals surface area contributed by atoms with E-state index in [9.17, 15) is 9.59 Å². The topological polar surface area (TPSA) is 98.4 Å². The molecule has 1 amide bonds. The molecule has 0 saturated heterocycles. The number of para-hydroxylation sites is 1. The molecule has 37 heavy (non-hydrogen) atoms. The molecule has 3 aromatic heterocycles. The van der Waals surface area contributed by atoms with Crippen LogP contribution in [-0.2, 0) is 22.6 Å². The van der Waals surface area contributed by atoms with Crippen LogP contribution >= 0.6 is 0 Å². The monoisotopic (exact) mass is 494 g/mol. The average molecular weight is 495 g/mol. The highest BCUT2D eigenvalue weighted by Gasteiger charge is 2.33. The van der Waals surface area contributed by atoms with Gasteiger partial charge >= 0.3 is 5.97 Å². The van der Waals surface area contributed by atoms with E-state index in [1.165, 1.54) is 7.11 Å². The van der Waals surface area contributed by atoms with Gasteiger partial charge < -0.3 is 24.4 Å². The van der Waals surface area contributed by atoms with E-state index in [1.54, 1.807) is 6.20 Å². The number of anilines is 2. The number of rotatable bonds is 8. The van der Waals surface area contributed by atoms with Gasteiger partial charge in [0.25, 0.3) is 0 Å². The summed E-state index contributed by atoms with van der Waals surface area (Å²) < 4.78 is 12.9. The van der Waals surface area contributed by atoms with Gasteiger partial charge in [-0.15, -0.1) is 0 Å². The first kappa shape index (κ1) is 22.8. The highest BCUT2D eigenvalue weighted by molar-refractivity contribution is 6.12. The smallest absolute Gasteiger partial charge is 0.356 e. The minimum Gasteiger partial charge on any atom is -0.464 e. The zero-order chi connectivity index (χ0) is 25.4. The predicted molar refractivity (Wildman–Crippen MR) is 142 cm³/mol. The van der Waals surface area contributed by atoms with E-state index in [-0.39, 0.29) is 17.5 Å². The number of nitrogens with one attached hydrogen (secondary N) is 2. The Balaban J connectivity index is 1.40. The summed E-state index contributed by atoms with van der Waals surface area (Å²) in [6, 6.07) is 21.6. The molecule has 3 heterocycles. The van der Waals surface area contributed by atoms with Crippen LogP contribution in [0.1, 0.15) is 34.7 Å². The number of amides is 1. The van der Waals surface area contributed by atoms with Crippen LogP contribution in [0.5, 0.6) is 0 Å². The van der Waals surface area contributed by atoms with Crippen molar-refractivity contribution in [2.75, 3.05) is 17.7 Å². The van der Waals surface area contributed by atoms with Crippen LogP contribution in [0.3, 0.4) is 0 Å². The summed E-state index contributed by atoms with van der Waals surface area (Å²) in [5, 5.41) is 8.07. The largest absolute Gasteiger partial charge is 0.464 e. The molecule has 8 nitrogen and oxygen atoms in total. The lowest BCUT2D eigenvalue weighted by Crippen LogP contribution is -2.18. The molecule has 1 saturated carbocycles. The number of hydrogen-bond donors (Lipinski definition) is 2. The van der Waals surface area contributed by atoms with Gasteiger partial charge in [-0.05, 0) is 36.6 Å². The Kier molecular flexibility index (Phi) is 5.84. The van der Waals surface area contributed by atoms with Crippen LogP contribution < -0.4 is 10.6 Å². The van der Waals surface area contributed by atoms with E-state index < -0.39 is 5.97 Å². The van der Waals surface area contributed by atoms with E-state index >= 15 is 0 Å². The summed E-state index contributed by atoms with van der Waals surface area (Å²) in [4.78, 5) is 30.5. The minimum atomic E-state index is -0.531. The van der Waals surface area contributed by atoms with E-state index in [0.29, 0.717) is 29.8 Å². The lowest BCUT2D eigenvalue weighted by Gasteiger charge is -2.11. The van der Waals surface area contributed by atoms with Crippen molar-refractivity contribution in [3.05, 3.63) is 89.9 Å². The Bertz CT molecular complexity index is 1580. The molecule has 0 atom stereocenters. The van der Waals surface area contributed by atoms with Crippen molar-refractivity contribution in [3.8, 4) is 0 Å². The van der Waals surface area contributed by atoms with Crippen LogP contribution in [-0.4, -0.2) is 28.5 Å². The molecule has 2 N–H and O–H groups in total. The lowest BCUT2D eigenvalue weighted by atomic mass is 10.2. The van der Waals surface area contributed by atoms with Crippen LogP contribution in [0.4, 0.5) is 11.4 Å². The number of pyridine rings is 1. The molecular formula is C29H26N4O4. The first-order valence-corrected chi connectivity index (χ1v) is 12.3. The van der Waals surface area contributed by atoms with Crippen molar-refractivity contribution >= 4 is 45.3 Å². The summed E-state index contributed by atoms with van der Waals surface area (Å²) in [7, 11) is 1.34. The molecule has 0 aliphatic heterocycles. The third-order valence-electron chi connectivity index (χ3n) is 6.60. The number of fused-ring (bicyclic) bond motifs is 2. The average Bonchev–Trinajstić information content (AvgIpc) is 3.64. The number of methoxy groups -OCH3 is 1. The van der Waals surface area contributed by atoms with Gasteiger partial charge in [-0.2, -0.15) is 0 Å². The molecule has 6 rings (SSSR count). The number of nitrogens with zero attached hydrogens (tertiary/aromatic N) is 2. The second kappa shape index (κ2) is 9.46. The Morgan fingerprint density at radius 2 is 1.86 bits per heavy atom. The standard InChI is InChI=1S/C29H26N4O4/c1-36-29(35)26-25(32-28(34)19-11-12-19)23-14-21(30-16-22-13-20-9-5-6-10-24(20)37-22)15-31-27(23)33(26)17-18-7-3-2-4-8-18/h2-10,13-15,19,30H,11-12,16-17H2,1H3,(H,32,34). The maximum Gasteiger partial charge on any atom is 0.356 e. The van der Waals surface area contributed by atoms with Crippen molar-refractivity contribution in [2.24, 2.45) is 5.92 Å². The molecule has 1 aliphatic carbocycles. The molecule has 8 heteroatoms. The molecule has 0 radical (unpaired) electrons. The lowest BCUT2D eigenvalue weighted by molar-refractivity contribution is -0.117. The van der Waals surface area contributed by atoms with Gasteiger partial charge in [0, 0.05) is 23.2 Å². The summed E-state index contributed by atoms with van der Waals surface area (Å²) in [5.41, 5.74) is 3.86. The highest BCUT2D eigenvalue weighted by atomic mass is 16.5. The second-order valence-corrected chi connectivity index (χ2v) is 9.25.